The summed E-state index contributed by atoms with van der Waals surface area (Å²) < 4.78 is 25.3. The molecule has 1 aliphatic rings. The molecule has 22 heavy (non-hydrogen) atoms. The molecule has 0 saturated heterocycles. The topological polar surface area (TPSA) is 91.8 Å². The molecule has 118 valence electrons. The number of carboxylic acids is 1. The van der Waals surface area contributed by atoms with Gasteiger partial charge in [0.15, 0.2) is 0 Å². The Bertz CT molecular complexity index is 760. The predicted octanol–water partition coefficient (Wildman–Crippen LogP) is 1.80. The Kier molecular flexibility index (Phi) is 4.10. The molecule has 1 aromatic carbocycles. The second-order valence-corrected chi connectivity index (χ2v) is 7.24. The van der Waals surface area contributed by atoms with Crippen LogP contribution >= 0.6 is 0 Å². The zero-order chi connectivity index (χ0) is 16.7. The van der Waals surface area contributed by atoms with Crippen LogP contribution in [0.4, 0.5) is 0 Å². The van der Waals surface area contributed by atoms with Gasteiger partial charge in [-0.2, -0.15) is 0 Å². The van der Waals surface area contributed by atoms with Crippen molar-refractivity contribution in [3.8, 4) is 0 Å². The summed E-state index contributed by atoms with van der Waals surface area (Å²) in [6, 6.07) is 6.90. The molecular weight excluding hydrogens is 306 g/mol. The molecular formula is C15H17NO5S. The van der Waals surface area contributed by atoms with E-state index >= 15 is 0 Å². The van der Waals surface area contributed by atoms with Crippen molar-refractivity contribution in [2.75, 3.05) is 6.54 Å². The van der Waals surface area contributed by atoms with Gasteiger partial charge in [-0.25, -0.2) is 12.7 Å². The molecule has 0 spiro atoms. The molecule has 0 aliphatic carbocycles. The van der Waals surface area contributed by atoms with Gasteiger partial charge in [-0.15, -0.1) is 0 Å². The van der Waals surface area contributed by atoms with Crippen molar-refractivity contribution in [3.63, 3.8) is 0 Å². The highest BCUT2D eigenvalue weighted by molar-refractivity contribution is 7.99. The molecule has 2 rings (SSSR count). The van der Waals surface area contributed by atoms with Gasteiger partial charge in [0.05, 0.1) is 0 Å². The summed E-state index contributed by atoms with van der Waals surface area (Å²) in [6.07, 6.45) is 0. The minimum absolute atomic E-state index is 0.0403. The first-order valence-electron chi connectivity index (χ1n) is 6.76. The van der Waals surface area contributed by atoms with E-state index in [1.54, 1.807) is 24.3 Å². The summed E-state index contributed by atoms with van der Waals surface area (Å²) in [5, 5.41) is 8.79. The maximum atomic E-state index is 12.5. The summed E-state index contributed by atoms with van der Waals surface area (Å²) in [4.78, 5) is 22.7. The SMILES string of the molecule is CC1=C(c2ccc(C(C)C)cc2)S(=O)(=O)N(CC(=O)O)C1=O. The normalized spacial score (nSPS) is 17.5. The third-order valence-electron chi connectivity index (χ3n) is 3.55. The van der Waals surface area contributed by atoms with Crippen LogP contribution in [0.1, 0.15) is 37.8 Å². The molecule has 1 amide bonds. The minimum Gasteiger partial charge on any atom is -0.480 e. The number of carbonyl (C=O) groups excluding carboxylic acids is 1. The molecule has 1 aliphatic heterocycles. The van der Waals surface area contributed by atoms with Crippen LogP contribution in [0.5, 0.6) is 0 Å². The molecule has 0 atom stereocenters. The number of amides is 1. The Morgan fingerprint density at radius 3 is 2.23 bits per heavy atom. The van der Waals surface area contributed by atoms with Crippen molar-refractivity contribution >= 4 is 26.8 Å². The minimum atomic E-state index is -4.12. The van der Waals surface area contributed by atoms with Crippen LogP contribution in [0.3, 0.4) is 0 Å². The highest BCUT2D eigenvalue weighted by Gasteiger charge is 2.43. The molecule has 0 aromatic heterocycles. The monoisotopic (exact) mass is 323 g/mol. The Labute approximate surface area is 129 Å². The molecule has 0 radical (unpaired) electrons. The number of carbonyl (C=O) groups is 2. The van der Waals surface area contributed by atoms with Gasteiger partial charge in [0, 0.05) is 5.57 Å². The fourth-order valence-electron chi connectivity index (χ4n) is 2.36. The number of hydrogen-bond acceptors (Lipinski definition) is 4. The van der Waals surface area contributed by atoms with Crippen molar-refractivity contribution in [1.29, 1.82) is 0 Å². The summed E-state index contributed by atoms with van der Waals surface area (Å²) in [5.74, 6) is -1.86. The second kappa shape index (κ2) is 5.57. The largest absolute Gasteiger partial charge is 0.480 e. The Balaban J connectivity index is 2.50. The molecule has 0 saturated carbocycles. The summed E-state index contributed by atoms with van der Waals surface area (Å²) in [5.41, 5.74) is 1.48. The van der Waals surface area contributed by atoms with Gasteiger partial charge in [0.1, 0.15) is 11.4 Å². The van der Waals surface area contributed by atoms with E-state index in [1.165, 1.54) is 6.92 Å². The van der Waals surface area contributed by atoms with E-state index in [0.29, 0.717) is 15.8 Å². The molecule has 6 nitrogen and oxygen atoms in total. The summed E-state index contributed by atoms with van der Waals surface area (Å²) in [6.45, 7) is 4.56. The maximum absolute atomic E-state index is 12.5. The average Bonchev–Trinajstić information content (AvgIpc) is 2.59. The van der Waals surface area contributed by atoms with Gasteiger partial charge >= 0.3 is 5.97 Å². The van der Waals surface area contributed by atoms with Crippen molar-refractivity contribution < 1.29 is 23.1 Å². The molecule has 7 heteroatoms. The summed E-state index contributed by atoms with van der Waals surface area (Å²) in [7, 11) is -4.12. The Morgan fingerprint density at radius 2 is 1.77 bits per heavy atom. The molecule has 0 unspecified atom stereocenters. The smallest absolute Gasteiger partial charge is 0.324 e. The first kappa shape index (κ1) is 16.2. The average molecular weight is 323 g/mol. The highest BCUT2D eigenvalue weighted by Crippen LogP contribution is 2.35. The quantitative estimate of drug-likeness (QED) is 0.912. The predicted molar refractivity (Wildman–Crippen MR) is 81.4 cm³/mol. The van der Waals surface area contributed by atoms with Crippen LogP contribution in [-0.4, -0.2) is 36.3 Å². The van der Waals surface area contributed by atoms with Crippen molar-refractivity contribution in [3.05, 3.63) is 41.0 Å². The zero-order valence-corrected chi connectivity index (χ0v) is 13.3. The van der Waals surface area contributed by atoms with Crippen LogP contribution in [0, 0.1) is 0 Å². The number of aliphatic carboxylic acids is 1. The van der Waals surface area contributed by atoms with Gasteiger partial charge in [0.25, 0.3) is 15.9 Å². The maximum Gasteiger partial charge on any atom is 0.324 e. The third kappa shape index (κ3) is 2.64. The first-order valence-corrected chi connectivity index (χ1v) is 8.20. The van der Waals surface area contributed by atoms with Crippen LogP contribution in [0.25, 0.3) is 4.91 Å². The lowest BCUT2D eigenvalue weighted by Gasteiger charge is -2.14. The third-order valence-corrected chi connectivity index (χ3v) is 5.49. The molecule has 0 fully saturated rings. The second-order valence-electron chi connectivity index (χ2n) is 5.44. The number of carboxylic acid groups (broad SMARTS) is 1. The Hall–Kier alpha value is -2.15. The van der Waals surface area contributed by atoms with Gasteiger partial charge in [-0.05, 0) is 24.0 Å². The fourth-order valence-corrected chi connectivity index (χ4v) is 4.13. The number of rotatable bonds is 4. The van der Waals surface area contributed by atoms with E-state index in [9.17, 15) is 18.0 Å². The van der Waals surface area contributed by atoms with Crippen molar-refractivity contribution in [2.24, 2.45) is 0 Å². The highest BCUT2D eigenvalue weighted by atomic mass is 32.2. The number of benzene rings is 1. The van der Waals surface area contributed by atoms with E-state index in [0.717, 1.165) is 5.56 Å². The zero-order valence-electron chi connectivity index (χ0n) is 12.5. The van der Waals surface area contributed by atoms with E-state index in [4.69, 9.17) is 5.11 Å². The fraction of sp³-hybridized carbons (Fsp3) is 0.333. The molecule has 1 N–H and O–H groups in total. The van der Waals surface area contributed by atoms with Crippen LogP contribution in [-0.2, 0) is 19.6 Å². The molecule has 0 bridgehead atoms. The summed E-state index contributed by atoms with van der Waals surface area (Å²) >= 11 is 0. The van der Waals surface area contributed by atoms with E-state index < -0.39 is 28.4 Å². The van der Waals surface area contributed by atoms with E-state index in [-0.39, 0.29) is 10.5 Å². The number of nitrogens with zero attached hydrogens (tertiary/aromatic N) is 1. The van der Waals surface area contributed by atoms with Crippen molar-refractivity contribution in [1.82, 2.24) is 4.31 Å². The lowest BCUT2D eigenvalue weighted by molar-refractivity contribution is -0.140. The van der Waals surface area contributed by atoms with Gasteiger partial charge in [0.2, 0.25) is 0 Å². The van der Waals surface area contributed by atoms with Crippen LogP contribution in [0.15, 0.2) is 29.8 Å². The number of hydrogen-bond donors (Lipinski definition) is 1. The van der Waals surface area contributed by atoms with Crippen molar-refractivity contribution in [2.45, 2.75) is 26.7 Å². The lowest BCUT2D eigenvalue weighted by atomic mass is 10.0. The van der Waals surface area contributed by atoms with Crippen LogP contribution in [0.2, 0.25) is 0 Å². The van der Waals surface area contributed by atoms with E-state index in [2.05, 4.69) is 0 Å². The Morgan fingerprint density at radius 1 is 1.23 bits per heavy atom. The molecule has 1 heterocycles. The van der Waals surface area contributed by atoms with E-state index in [1.807, 2.05) is 13.8 Å². The van der Waals surface area contributed by atoms with Gasteiger partial charge in [-0.3, -0.25) is 9.59 Å². The van der Waals surface area contributed by atoms with Gasteiger partial charge < -0.3 is 5.11 Å². The standard InChI is InChI=1S/C15H17NO5S/c1-9(2)11-4-6-12(7-5-11)14-10(3)15(19)16(8-13(17)18)22(14,20)21/h4-7,9H,8H2,1-3H3,(H,17,18). The van der Waals surface area contributed by atoms with Crippen LogP contribution < -0.4 is 0 Å². The number of sulfonamides is 1. The first-order chi connectivity index (χ1) is 10.2. The van der Waals surface area contributed by atoms with Gasteiger partial charge in [-0.1, -0.05) is 38.1 Å². The molecule has 1 aromatic rings. The lowest BCUT2D eigenvalue weighted by Crippen LogP contribution is -2.36.